The molecule has 1 atom stereocenters. The van der Waals surface area contributed by atoms with Gasteiger partial charge in [-0.2, -0.15) is 0 Å². The van der Waals surface area contributed by atoms with Crippen LogP contribution in [0.15, 0.2) is 54.6 Å². The number of ether oxygens (including phenoxy) is 1. The van der Waals surface area contributed by atoms with Crippen molar-refractivity contribution in [2.45, 2.75) is 45.3 Å². The Kier molecular flexibility index (Phi) is 9.00. The van der Waals surface area contributed by atoms with E-state index < -0.39 is 11.9 Å². The molecular weight excluding hydrogens is 387 g/mol. The van der Waals surface area contributed by atoms with Crippen LogP contribution in [0.3, 0.4) is 0 Å². The molecule has 2 N–H and O–H groups in total. The summed E-state index contributed by atoms with van der Waals surface area (Å²) in [5, 5.41) is 5.57. The van der Waals surface area contributed by atoms with E-state index in [1.165, 1.54) is 24.3 Å². The highest BCUT2D eigenvalue weighted by Gasteiger charge is 2.20. The monoisotopic (exact) mass is 414 g/mol. The Balaban J connectivity index is 1.82. The number of benzene rings is 2. The van der Waals surface area contributed by atoms with Crippen LogP contribution >= 0.6 is 0 Å². The van der Waals surface area contributed by atoms with E-state index in [2.05, 4.69) is 10.6 Å². The van der Waals surface area contributed by atoms with Gasteiger partial charge in [0.05, 0.1) is 18.6 Å². The summed E-state index contributed by atoms with van der Waals surface area (Å²) in [4.78, 5) is 36.4. The molecule has 0 bridgehead atoms. The predicted molar refractivity (Wildman–Crippen MR) is 111 cm³/mol. The summed E-state index contributed by atoms with van der Waals surface area (Å²) >= 11 is 0. The molecule has 0 spiro atoms. The molecule has 0 heterocycles. The fraction of sp³-hybridized carbons (Fsp3) is 0.348. The van der Waals surface area contributed by atoms with Crippen molar-refractivity contribution in [2.24, 2.45) is 0 Å². The first-order valence-electron chi connectivity index (χ1n) is 9.92. The number of rotatable bonds is 10. The zero-order valence-electron chi connectivity index (χ0n) is 17.2. The van der Waals surface area contributed by atoms with Crippen LogP contribution in [0, 0.1) is 5.82 Å². The Morgan fingerprint density at radius 1 is 1.00 bits per heavy atom. The lowest BCUT2D eigenvalue weighted by atomic mass is 10.0. The molecule has 2 aromatic rings. The predicted octanol–water partition coefficient (Wildman–Crippen LogP) is 3.53. The number of nitrogens with one attached hydrogen (secondary N) is 2. The Morgan fingerprint density at radius 2 is 1.67 bits per heavy atom. The van der Waals surface area contributed by atoms with E-state index in [1.807, 2.05) is 30.3 Å². The van der Waals surface area contributed by atoms with Gasteiger partial charge in [-0.1, -0.05) is 30.3 Å². The van der Waals surface area contributed by atoms with Gasteiger partial charge in [0.15, 0.2) is 0 Å². The molecule has 7 heteroatoms. The minimum atomic E-state index is -0.487. The van der Waals surface area contributed by atoms with Crippen LogP contribution in [-0.4, -0.2) is 30.4 Å². The fourth-order valence-corrected chi connectivity index (χ4v) is 2.84. The Labute approximate surface area is 175 Å². The lowest BCUT2D eigenvalue weighted by Crippen LogP contribution is -2.32. The zero-order valence-corrected chi connectivity index (χ0v) is 17.2. The second kappa shape index (κ2) is 11.7. The fourth-order valence-electron chi connectivity index (χ4n) is 2.84. The molecule has 0 aliphatic carbocycles. The van der Waals surface area contributed by atoms with Crippen molar-refractivity contribution < 1.29 is 23.5 Å². The summed E-state index contributed by atoms with van der Waals surface area (Å²) in [7, 11) is 0. The SMILES string of the molecule is CC(C)OC(=O)CC(NC(=O)CCCNC(=O)c1ccc(F)cc1)c1ccccc1. The van der Waals surface area contributed by atoms with Gasteiger partial charge in [-0.3, -0.25) is 14.4 Å². The van der Waals surface area contributed by atoms with Gasteiger partial charge in [0.2, 0.25) is 5.91 Å². The number of carbonyl (C=O) groups excluding carboxylic acids is 3. The molecule has 0 saturated carbocycles. The topological polar surface area (TPSA) is 84.5 Å². The normalized spacial score (nSPS) is 11.6. The number of hydrogen-bond acceptors (Lipinski definition) is 4. The molecule has 0 aliphatic rings. The molecule has 0 aliphatic heterocycles. The number of carbonyl (C=O) groups is 3. The van der Waals surface area contributed by atoms with E-state index in [9.17, 15) is 18.8 Å². The van der Waals surface area contributed by atoms with Gasteiger partial charge in [-0.25, -0.2) is 4.39 Å². The molecule has 6 nitrogen and oxygen atoms in total. The van der Waals surface area contributed by atoms with Gasteiger partial charge < -0.3 is 15.4 Å². The molecule has 2 aromatic carbocycles. The summed E-state index contributed by atoms with van der Waals surface area (Å²) in [6.07, 6.45) is 0.424. The van der Waals surface area contributed by atoms with Gasteiger partial charge in [-0.15, -0.1) is 0 Å². The smallest absolute Gasteiger partial charge is 0.308 e. The highest BCUT2D eigenvalue weighted by Crippen LogP contribution is 2.18. The average molecular weight is 414 g/mol. The average Bonchev–Trinajstić information content (AvgIpc) is 2.71. The summed E-state index contributed by atoms with van der Waals surface area (Å²) in [6.45, 7) is 3.84. The van der Waals surface area contributed by atoms with Crippen LogP contribution < -0.4 is 10.6 Å². The molecule has 1 unspecified atom stereocenters. The molecule has 0 aromatic heterocycles. The number of esters is 1. The second-order valence-electron chi connectivity index (χ2n) is 7.14. The third-order valence-electron chi connectivity index (χ3n) is 4.25. The van der Waals surface area contributed by atoms with Gasteiger partial charge >= 0.3 is 5.97 Å². The molecule has 0 saturated heterocycles. The maximum absolute atomic E-state index is 12.9. The van der Waals surface area contributed by atoms with Gasteiger partial charge in [0, 0.05) is 18.5 Å². The van der Waals surface area contributed by atoms with Gasteiger partial charge in [0.25, 0.3) is 5.91 Å². The molecule has 0 radical (unpaired) electrons. The maximum atomic E-state index is 12.9. The minimum absolute atomic E-state index is 0.0369. The maximum Gasteiger partial charge on any atom is 0.308 e. The first-order valence-corrected chi connectivity index (χ1v) is 9.92. The first kappa shape index (κ1) is 23.1. The molecular formula is C23H27FN2O4. The number of halogens is 1. The van der Waals surface area contributed by atoms with Gasteiger partial charge in [0.1, 0.15) is 5.82 Å². The van der Waals surface area contributed by atoms with Crippen molar-refractivity contribution in [3.8, 4) is 0 Å². The largest absolute Gasteiger partial charge is 0.463 e. The highest BCUT2D eigenvalue weighted by molar-refractivity contribution is 5.94. The van der Waals surface area contributed by atoms with Crippen molar-refractivity contribution >= 4 is 17.8 Å². The van der Waals surface area contributed by atoms with Crippen molar-refractivity contribution in [3.05, 3.63) is 71.5 Å². The second-order valence-corrected chi connectivity index (χ2v) is 7.14. The van der Waals surface area contributed by atoms with Crippen molar-refractivity contribution in [2.75, 3.05) is 6.54 Å². The lowest BCUT2D eigenvalue weighted by Gasteiger charge is -2.19. The summed E-state index contributed by atoms with van der Waals surface area (Å²) in [6, 6.07) is 14.0. The van der Waals surface area contributed by atoms with E-state index in [-0.39, 0.29) is 36.7 Å². The van der Waals surface area contributed by atoms with Crippen LogP contribution in [0.5, 0.6) is 0 Å². The van der Waals surface area contributed by atoms with Crippen molar-refractivity contribution in [1.82, 2.24) is 10.6 Å². The molecule has 0 fully saturated rings. The van der Waals surface area contributed by atoms with Crippen LogP contribution in [0.4, 0.5) is 4.39 Å². The third-order valence-corrected chi connectivity index (χ3v) is 4.25. The van der Waals surface area contributed by atoms with E-state index >= 15 is 0 Å². The lowest BCUT2D eigenvalue weighted by molar-refractivity contribution is -0.148. The Morgan fingerprint density at radius 3 is 2.30 bits per heavy atom. The van der Waals surface area contributed by atoms with E-state index in [1.54, 1.807) is 13.8 Å². The van der Waals surface area contributed by atoms with E-state index in [4.69, 9.17) is 4.74 Å². The van der Waals surface area contributed by atoms with Crippen LogP contribution in [0.2, 0.25) is 0 Å². The Bertz CT molecular complexity index is 838. The number of amides is 2. The van der Waals surface area contributed by atoms with Crippen LogP contribution in [0.25, 0.3) is 0 Å². The number of hydrogen-bond donors (Lipinski definition) is 2. The zero-order chi connectivity index (χ0) is 21.9. The summed E-state index contributed by atoms with van der Waals surface area (Å²) in [5.74, 6) is -1.34. The molecule has 30 heavy (non-hydrogen) atoms. The van der Waals surface area contributed by atoms with Crippen molar-refractivity contribution in [3.63, 3.8) is 0 Å². The first-order chi connectivity index (χ1) is 14.3. The Hall–Kier alpha value is -3.22. The minimum Gasteiger partial charge on any atom is -0.463 e. The van der Waals surface area contributed by atoms with E-state index in [0.29, 0.717) is 18.5 Å². The van der Waals surface area contributed by atoms with Gasteiger partial charge in [-0.05, 0) is 50.1 Å². The third kappa shape index (κ3) is 8.03. The highest BCUT2D eigenvalue weighted by atomic mass is 19.1. The van der Waals surface area contributed by atoms with E-state index in [0.717, 1.165) is 5.56 Å². The standard InChI is InChI=1S/C23H27FN2O4/c1-16(2)30-22(28)15-20(17-7-4-3-5-8-17)26-21(27)9-6-14-25-23(29)18-10-12-19(24)13-11-18/h3-5,7-8,10-13,16,20H,6,9,14-15H2,1-2H3,(H,25,29)(H,26,27). The summed E-state index contributed by atoms with van der Waals surface area (Å²) < 4.78 is 18.1. The molecule has 160 valence electrons. The molecule has 2 rings (SSSR count). The quantitative estimate of drug-likeness (QED) is 0.460. The summed E-state index contributed by atoms with van der Waals surface area (Å²) in [5.41, 5.74) is 1.17. The van der Waals surface area contributed by atoms with Crippen LogP contribution in [0.1, 0.15) is 55.1 Å². The van der Waals surface area contributed by atoms with Crippen molar-refractivity contribution in [1.29, 1.82) is 0 Å². The molecule has 2 amide bonds. The van der Waals surface area contributed by atoms with Crippen LogP contribution in [-0.2, 0) is 14.3 Å².